The van der Waals surface area contributed by atoms with Crippen molar-refractivity contribution in [1.29, 1.82) is 0 Å². The second kappa shape index (κ2) is 5.49. The molecule has 1 heterocycles. The summed E-state index contributed by atoms with van der Waals surface area (Å²) in [6.07, 6.45) is 1.68. The third-order valence-corrected chi connectivity index (χ3v) is 3.14. The van der Waals surface area contributed by atoms with Crippen molar-refractivity contribution in [3.05, 3.63) is 90.3 Å². The summed E-state index contributed by atoms with van der Waals surface area (Å²) in [5.41, 5.74) is 3.21. The van der Waals surface area contributed by atoms with E-state index >= 15 is 0 Å². The molecular weight excluding hydrogens is 246 g/mol. The Hall–Kier alpha value is -2.74. The molecule has 3 aromatic rings. The van der Waals surface area contributed by atoms with Crippen molar-refractivity contribution < 1.29 is 4.79 Å². The highest BCUT2D eigenvalue weighted by atomic mass is 16.1. The molecule has 0 spiro atoms. The Bertz CT molecular complexity index is 721. The van der Waals surface area contributed by atoms with Crippen molar-refractivity contribution in [1.82, 2.24) is 4.98 Å². The number of pyridine rings is 1. The molecule has 0 aliphatic carbocycles. The van der Waals surface area contributed by atoms with E-state index in [0.29, 0.717) is 11.3 Å². The van der Waals surface area contributed by atoms with Gasteiger partial charge in [0.15, 0.2) is 0 Å². The Morgan fingerprint density at radius 2 is 1.40 bits per heavy atom. The Morgan fingerprint density at radius 3 is 2.10 bits per heavy atom. The van der Waals surface area contributed by atoms with E-state index in [-0.39, 0.29) is 5.78 Å². The second-order valence-electron chi connectivity index (χ2n) is 4.49. The average Bonchev–Trinajstić information content (AvgIpc) is 2.56. The van der Waals surface area contributed by atoms with Crippen molar-refractivity contribution >= 4 is 5.78 Å². The molecule has 0 aliphatic heterocycles. The van der Waals surface area contributed by atoms with Gasteiger partial charge in [0.2, 0.25) is 5.78 Å². The highest BCUT2D eigenvalue weighted by molar-refractivity contribution is 6.08. The summed E-state index contributed by atoms with van der Waals surface area (Å²) in [5.74, 6) is -0.0524. The van der Waals surface area contributed by atoms with Crippen LogP contribution in [0.3, 0.4) is 0 Å². The van der Waals surface area contributed by atoms with Crippen molar-refractivity contribution in [3.8, 4) is 11.1 Å². The predicted octanol–water partition coefficient (Wildman–Crippen LogP) is 3.98. The molecule has 0 aliphatic rings. The highest BCUT2D eigenvalue weighted by Gasteiger charge is 2.10. The molecule has 0 fully saturated rings. The van der Waals surface area contributed by atoms with E-state index in [9.17, 15) is 4.79 Å². The van der Waals surface area contributed by atoms with Crippen molar-refractivity contribution in [3.63, 3.8) is 0 Å². The molecule has 0 atom stereocenters. The van der Waals surface area contributed by atoms with E-state index < -0.39 is 0 Å². The van der Waals surface area contributed by atoms with Crippen LogP contribution >= 0.6 is 0 Å². The molecule has 3 rings (SSSR count). The van der Waals surface area contributed by atoms with Crippen LogP contribution in [0.5, 0.6) is 0 Å². The number of hydrogen-bond donors (Lipinski definition) is 0. The zero-order valence-electron chi connectivity index (χ0n) is 10.9. The summed E-state index contributed by atoms with van der Waals surface area (Å²) in [6, 6.07) is 22.9. The number of nitrogens with zero attached hydrogens (tertiary/aromatic N) is 1. The van der Waals surface area contributed by atoms with Gasteiger partial charge in [-0.05, 0) is 23.3 Å². The van der Waals surface area contributed by atoms with Gasteiger partial charge in [0.1, 0.15) is 5.69 Å². The first-order valence-electron chi connectivity index (χ1n) is 6.46. The Kier molecular flexibility index (Phi) is 3.38. The maximum absolute atomic E-state index is 12.4. The minimum absolute atomic E-state index is 0.0524. The molecule has 0 saturated carbocycles. The highest BCUT2D eigenvalue weighted by Crippen LogP contribution is 2.20. The van der Waals surface area contributed by atoms with Gasteiger partial charge < -0.3 is 0 Å². The number of rotatable bonds is 3. The van der Waals surface area contributed by atoms with E-state index in [1.807, 2.05) is 60.7 Å². The lowest BCUT2D eigenvalue weighted by molar-refractivity contribution is 0.103. The molecular formula is C18H13NO. The molecule has 0 N–H and O–H groups in total. The summed E-state index contributed by atoms with van der Waals surface area (Å²) in [5, 5.41) is 0. The largest absolute Gasteiger partial charge is 0.287 e. The lowest BCUT2D eigenvalue weighted by Crippen LogP contribution is -2.03. The first-order valence-corrected chi connectivity index (χ1v) is 6.46. The van der Waals surface area contributed by atoms with Gasteiger partial charge in [0.05, 0.1) is 0 Å². The van der Waals surface area contributed by atoms with Crippen LogP contribution in [0.2, 0.25) is 0 Å². The predicted molar refractivity (Wildman–Crippen MR) is 79.5 cm³/mol. The fourth-order valence-corrected chi connectivity index (χ4v) is 2.10. The summed E-state index contributed by atoms with van der Waals surface area (Å²) in [7, 11) is 0. The number of carbonyl (C=O) groups excluding carboxylic acids is 1. The Balaban J connectivity index is 1.98. The SMILES string of the molecule is O=C(c1ccccc1)c1cc(-c2ccccc2)ccn1. The van der Waals surface area contributed by atoms with E-state index in [1.54, 1.807) is 18.3 Å². The molecule has 96 valence electrons. The van der Waals surface area contributed by atoms with Crippen LogP contribution in [-0.2, 0) is 0 Å². The summed E-state index contributed by atoms with van der Waals surface area (Å²) >= 11 is 0. The summed E-state index contributed by atoms with van der Waals surface area (Å²) < 4.78 is 0. The van der Waals surface area contributed by atoms with Crippen LogP contribution in [0.15, 0.2) is 79.0 Å². The molecule has 0 amide bonds. The van der Waals surface area contributed by atoms with E-state index in [4.69, 9.17) is 0 Å². The van der Waals surface area contributed by atoms with Crippen LogP contribution in [0, 0.1) is 0 Å². The van der Waals surface area contributed by atoms with Gasteiger partial charge in [-0.3, -0.25) is 9.78 Å². The number of aromatic nitrogens is 1. The fraction of sp³-hybridized carbons (Fsp3) is 0. The van der Waals surface area contributed by atoms with Gasteiger partial charge >= 0.3 is 0 Å². The smallest absolute Gasteiger partial charge is 0.211 e. The molecule has 0 saturated heterocycles. The molecule has 0 radical (unpaired) electrons. The van der Waals surface area contributed by atoms with Crippen LogP contribution < -0.4 is 0 Å². The minimum atomic E-state index is -0.0524. The maximum atomic E-state index is 12.4. The van der Waals surface area contributed by atoms with Crippen molar-refractivity contribution in [2.24, 2.45) is 0 Å². The van der Waals surface area contributed by atoms with Crippen molar-refractivity contribution in [2.45, 2.75) is 0 Å². The Morgan fingerprint density at radius 1 is 0.750 bits per heavy atom. The quantitative estimate of drug-likeness (QED) is 0.666. The molecule has 2 heteroatoms. The number of hydrogen-bond acceptors (Lipinski definition) is 2. The number of carbonyl (C=O) groups is 1. The maximum Gasteiger partial charge on any atom is 0.211 e. The van der Waals surface area contributed by atoms with Gasteiger partial charge in [0.25, 0.3) is 0 Å². The van der Waals surface area contributed by atoms with Crippen molar-refractivity contribution in [2.75, 3.05) is 0 Å². The zero-order valence-corrected chi connectivity index (χ0v) is 10.9. The van der Waals surface area contributed by atoms with E-state index in [2.05, 4.69) is 4.98 Å². The summed E-state index contributed by atoms with van der Waals surface area (Å²) in [4.78, 5) is 16.6. The van der Waals surface area contributed by atoms with Gasteiger partial charge in [-0.2, -0.15) is 0 Å². The average molecular weight is 259 g/mol. The lowest BCUT2D eigenvalue weighted by atomic mass is 10.0. The van der Waals surface area contributed by atoms with Gasteiger partial charge in [-0.15, -0.1) is 0 Å². The molecule has 2 aromatic carbocycles. The number of benzene rings is 2. The van der Waals surface area contributed by atoms with Gasteiger partial charge in [-0.1, -0.05) is 60.7 Å². The summed E-state index contributed by atoms with van der Waals surface area (Å²) in [6.45, 7) is 0. The van der Waals surface area contributed by atoms with Gasteiger partial charge in [0, 0.05) is 11.8 Å². The standard InChI is InChI=1S/C18H13NO/c20-18(15-9-5-2-6-10-15)17-13-16(11-12-19-17)14-7-3-1-4-8-14/h1-13H. The van der Waals surface area contributed by atoms with Crippen LogP contribution in [0.1, 0.15) is 16.1 Å². The van der Waals surface area contributed by atoms with Crippen LogP contribution in [0.25, 0.3) is 11.1 Å². The van der Waals surface area contributed by atoms with Crippen LogP contribution in [0.4, 0.5) is 0 Å². The minimum Gasteiger partial charge on any atom is -0.287 e. The fourth-order valence-electron chi connectivity index (χ4n) is 2.10. The molecule has 20 heavy (non-hydrogen) atoms. The first kappa shape index (κ1) is 12.3. The normalized spacial score (nSPS) is 10.2. The first-order chi connectivity index (χ1) is 9.84. The topological polar surface area (TPSA) is 30.0 Å². The van der Waals surface area contributed by atoms with Crippen LogP contribution in [-0.4, -0.2) is 10.8 Å². The monoisotopic (exact) mass is 259 g/mol. The number of ketones is 1. The zero-order chi connectivity index (χ0) is 13.8. The molecule has 1 aromatic heterocycles. The molecule has 0 bridgehead atoms. The molecule has 0 unspecified atom stereocenters. The second-order valence-corrected chi connectivity index (χ2v) is 4.49. The Labute approximate surface area is 117 Å². The molecule has 2 nitrogen and oxygen atoms in total. The van der Waals surface area contributed by atoms with Gasteiger partial charge in [-0.25, -0.2) is 0 Å². The lowest BCUT2D eigenvalue weighted by Gasteiger charge is -2.04. The van der Waals surface area contributed by atoms with E-state index in [0.717, 1.165) is 11.1 Å². The van der Waals surface area contributed by atoms with E-state index in [1.165, 1.54) is 0 Å². The third-order valence-electron chi connectivity index (χ3n) is 3.14. The third kappa shape index (κ3) is 2.50.